The van der Waals surface area contributed by atoms with E-state index in [0.29, 0.717) is 12.0 Å². The molecule has 0 amide bonds. The molecule has 0 saturated heterocycles. The van der Waals surface area contributed by atoms with Crippen LogP contribution in [0.15, 0.2) is 36.4 Å². The van der Waals surface area contributed by atoms with Crippen LogP contribution in [0.1, 0.15) is 33.9 Å². The Morgan fingerprint density at radius 3 is 2.21 bits per heavy atom. The van der Waals surface area contributed by atoms with Gasteiger partial charge >= 0.3 is 0 Å². The molecule has 0 bridgehead atoms. The van der Waals surface area contributed by atoms with Crippen molar-refractivity contribution < 1.29 is 4.39 Å². The third-order valence-electron chi connectivity index (χ3n) is 3.43. The van der Waals surface area contributed by atoms with Crippen molar-refractivity contribution >= 4 is 0 Å². The van der Waals surface area contributed by atoms with Gasteiger partial charge in [-0.25, -0.2) is 4.39 Å². The topological polar surface area (TPSA) is 26.0 Å². The summed E-state index contributed by atoms with van der Waals surface area (Å²) >= 11 is 0. The minimum atomic E-state index is -0.302. The van der Waals surface area contributed by atoms with Crippen LogP contribution in [-0.2, 0) is 6.42 Å². The van der Waals surface area contributed by atoms with Crippen molar-refractivity contribution in [2.75, 3.05) is 0 Å². The largest absolute Gasteiger partial charge is 0.324 e. The summed E-state index contributed by atoms with van der Waals surface area (Å²) in [4.78, 5) is 0. The SMILES string of the molecule is Cc1ccc(CC(N)c2c(C)cc(C)cc2F)cc1. The molecule has 0 radical (unpaired) electrons. The van der Waals surface area contributed by atoms with Crippen LogP contribution in [0.4, 0.5) is 4.39 Å². The molecule has 2 aromatic carbocycles. The number of benzene rings is 2. The Balaban J connectivity index is 2.25. The number of nitrogens with two attached hydrogens (primary N) is 1. The third kappa shape index (κ3) is 3.21. The average molecular weight is 257 g/mol. The van der Waals surface area contributed by atoms with Gasteiger partial charge in [0.25, 0.3) is 0 Å². The van der Waals surface area contributed by atoms with E-state index in [9.17, 15) is 4.39 Å². The van der Waals surface area contributed by atoms with Gasteiger partial charge in [-0.3, -0.25) is 0 Å². The molecule has 0 heterocycles. The van der Waals surface area contributed by atoms with Crippen molar-refractivity contribution in [3.63, 3.8) is 0 Å². The van der Waals surface area contributed by atoms with Gasteiger partial charge in [0, 0.05) is 11.6 Å². The molecule has 0 aliphatic carbocycles. The van der Waals surface area contributed by atoms with Gasteiger partial charge in [0.15, 0.2) is 0 Å². The summed E-state index contributed by atoms with van der Waals surface area (Å²) in [5.74, 6) is -0.197. The molecule has 0 fully saturated rings. The molecule has 2 heteroatoms. The summed E-state index contributed by atoms with van der Waals surface area (Å²) in [6.45, 7) is 5.86. The molecule has 1 atom stereocenters. The fraction of sp³-hybridized carbons (Fsp3) is 0.294. The Morgan fingerprint density at radius 2 is 1.63 bits per heavy atom. The molecule has 0 aromatic heterocycles. The lowest BCUT2D eigenvalue weighted by molar-refractivity contribution is 0.576. The lowest BCUT2D eigenvalue weighted by Crippen LogP contribution is -2.16. The van der Waals surface area contributed by atoms with E-state index in [1.807, 2.05) is 26.8 Å². The van der Waals surface area contributed by atoms with Gasteiger partial charge in [-0.05, 0) is 49.9 Å². The summed E-state index contributed by atoms with van der Waals surface area (Å²) in [6, 6.07) is 11.4. The first-order valence-electron chi connectivity index (χ1n) is 6.55. The molecule has 100 valence electrons. The Hall–Kier alpha value is -1.67. The van der Waals surface area contributed by atoms with E-state index in [4.69, 9.17) is 5.73 Å². The van der Waals surface area contributed by atoms with Crippen LogP contribution in [0.2, 0.25) is 0 Å². The minimum absolute atomic E-state index is 0.197. The van der Waals surface area contributed by atoms with Crippen LogP contribution in [0.3, 0.4) is 0 Å². The second-order valence-electron chi connectivity index (χ2n) is 5.27. The standard InChI is InChI=1S/C17H20FN/c1-11-4-6-14(7-5-11)10-16(19)17-13(3)8-12(2)9-15(17)18/h4-9,16H,10,19H2,1-3H3. The van der Waals surface area contributed by atoms with Crippen molar-refractivity contribution in [2.45, 2.75) is 33.2 Å². The first-order chi connectivity index (χ1) is 8.97. The number of halogens is 1. The third-order valence-corrected chi connectivity index (χ3v) is 3.43. The monoisotopic (exact) mass is 257 g/mol. The zero-order chi connectivity index (χ0) is 14.0. The van der Waals surface area contributed by atoms with Gasteiger partial charge < -0.3 is 5.73 Å². The van der Waals surface area contributed by atoms with E-state index >= 15 is 0 Å². The average Bonchev–Trinajstić information content (AvgIpc) is 2.30. The van der Waals surface area contributed by atoms with Crippen LogP contribution < -0.4 is 5.73 Å². The van der Waals surface area contributed by atoms with Gasteiger partial charge in [0.2, 0.25) is 0 Å². The molecular weight excluding hydrogens is 237 g/mol. The first-order valence-corrected chi connectivity index (χ1v) is 6.55. The fourth-order valence-corrected chi connectivity index (χ4v) is 2.48. The molecule has 2 aromatic rings. The summed E-state index contributed by atoms with van der Waals surface area (Å²) < 4.78 is 14.0. The highest BCUT2D eigenvalue weighted by atomic mass is 19.1. The van der Waals surface area contributed by atoms with Crippen LogP contribution in [0, 0.1) is 26.6 Å². The zero-order valence-electron chi connectivity index (χ0n) is 11.7. The fourth-order valence-electron chi connectivity index (χ4n) is 2.48. The van der Waals surface area contributed by atoms with E-state index in [1.54, 1.807) is 6.07 Å². The highest BCUT2D eigenvalue weighted by Gasteiger charge is 2.15. The van der Waals surface area contributed by atoms with Crippen molar-refractivity contribution in [3.05, 3.63) is 70.0 Å². The van der Waals surface area contributed by atoms with E-state index in [-0.39, 0.29) is 11.9 Å². The van der Waals surface area contributed by atoms with E-state index in [0.717, 1.165) is 16.7 Å². The molecule has 19 heavy (non-hydrogen) atoms. The van der Waals surface area contributed by atoms with Gasteiger partial charge in [-0.15, -0.1) is 0 Å². The maximum absolute atomic E-state index is 14.0. The van der Waals surface area contributed by atoms with Gasteiger partial charge in [-0.2, -0.15) is 0 Å². The van der Waals surface area contributed by atoms with E-state index < -0.39 is 0 Å². The van der Waals surface area contributed by atoms with Gasteiger partial charge in [0.1, 0.15) is 5.82 Å². The van der Waals surface area contributed by atoms with Crippen molar-refractivity contribution in [1.29, 1.82) is 0 Å². The van der Waals surface area contributed by atoms with Gasteiger partial charge in [0.05, 0.1) is 0 Å². The quantitative estimate of drug-likeness (QED) is 0.884. The molecule has 0 aliphatic rings. The zero-order valence-corrected chi connectivity index (χ0v) is 11.7. The number of hydrogen-bond donors (Lipinski definition) is 1. The molecule has 2 rings (SSSR count). The van der Waals surface area contributed by atoms with Crippen molar-refractivity contribution in [2.24, 2.45) is 5.73 Å². The maximum Gasteiger partial charge on any atom is 0.128 e. The Labute approximate surface area is 114 Å². The minimum Gasteiger partial charge on any atom is -0.324 e. The molecule has 2 N–H and O–H groups in total. The van der Waals surface area contributed by atoms with E-state index in [2.05, 4.69) is 24.3 Å². The lowest BCUT2D eigenvalue weighted by Gasteiger charge is -2.16. The molecule has 0 saturated carbocycles. The predicted octanol–water partition coefficient (Wildman–Crippen LogP) is 3.99. The Kier molecular flexibility index (Phi) is 4.01. The van der Waals surface area contributed by atoms with E-state index in [1.165, 1.54) is 5.56 Å². The smallest absolute Gasteiger partial charge is 0.128 e. The molecular formula is C17H20FN. The highest BCUT2D eigenvalue weighted by Crippen LogP contribution is 2.24. The summed E-state index contributed by atoms with van der Waals surface area (Å²) in [7, 11) is 0. The van der Waals surface area contributed by atoms with Crippen molar-refractivity contribution in [1.82, 2.24) is 0 Å². The Bertz CT molecular complexity index is 549. The van der Waals surface area contributed by atoms with Crippen LogP contribution in [0.5, 0.6) is 0 Å². The number of hydrogen-bond acceptors (Lipinski definition) is 1. The summed E-state index contributed by atoms with van der Waals surface area (Å²) in [5, 5.41) is 0. The predicted molar refractivity (Wildman–Crippen MR) is 77.7 cm³/mol. The number of aryl methyl sites for hydroxylation is 3. The highest BCUT2D eigenvalue weighted by molar-refractivity contribution is 5.35. The van der Waals surface area contributed by atoms with Crippen LogP contribution in [0.25, 0.3) is 0 Å². The van der Waals surface area contributed by atoms with Crippen LogP contribution in [-0.4, -0.2) is 0 Å². The second-order valence-corrected chi connectivity index (χ2v) is 5.27. The molecule has 1 nitrogen and oxygen atoms in total. The molecule has 0 spiro atoms. The maximum atomic E-state index is 14.0. The number of rotatable bonds is 3. The van der Waals surface area contributed by atoms with Crippen LogP contribution >= 0.6 is 0 Å². The summed E-state index contributed by atoms with van der Waals surface area (Å²) in [5.41, 5.74) is 11.0. The Morgan fingerprint density at radius 1 is 1.00 bits per heavy atom. The molecule has 0 aliphatic heterocycles. The van der Waals surface area contributed by atoms with Gasteiger partial charge in [-0.1, -0.05) is 35.9 Å². The lowest BCUT2D eigenvalue weighted by atomic mass is 9.94. The second kappa shape index (κ2) is 5.54. The normalized spacial score (nSPS) is 12.5. The molecule has 1 unspecified atom stereocenters. The first kappa shape index (κ1) is 13.8. The van der Waals surface area contributed by atoms with Crippen molar-refractivity contribution in [3.8, 4) is 0 Å². The summed E-state index contributed by atoms with van der Waals surface area (Å²) in [6.07, 6.45) is 0.654.